The molecule has 1 nitrogen and oxygen atoms in total. The third-order valence-corrected chi connectivity index (χ3v) is 2.90. The minimum Gasteiger partial charge on any atom is -0.314 e. The van der Waals surface area contributed by atoms with E-state index in [0.29, 0.717) is 5.54 Å². The molecule has 0 radical (unpaired) electrons. The first-order chi connectivity index (χ1) is 5.22. The molecule has 1 heteroatoms. The van der Waals surface area contributed by atoms with Crippen molar-refractivity contribution in [2.24, 2.45) is 5.92 Å². The van der Waals surface area contributed by atoms with Gasteiger partial charge >= 0.3 is 0 Å². The van der Waals surface area contributed by atoms with E-state index in [9.17, 15) is 0 Å². The molecule has 1 rings (SSSR count). The van der Waals surface area contributed by atoms with Crippen molar-refractivity contribution in [3.8, 4) is 0 Å². The van der Waals surface area contributed by atoms with Gasteiger partial charge in [0, 0.05) is 5.54 Å². The predicted molar refractivity (Wildman–Crippen MR) is 49.7 cm³/mol. The maximum Gasteiger partial charge on any atom is 0.0182 e. The molecular formula is C10H21N. The molecule has 1 unspecified atom stereocenters. The lowest BCUT2D eigenvalue weighted by atomic mass is 9.96. The number of hydrogen-bond acceptors (Lipinski definition) is 1. The molecule has 0 saturated heterocycles. The van der Waals surface area contributed by atoms with Crippen LogP contribution in [0.25, 0.3) is 0 Å². The maximum atomic E-state index is 3.44. The fourth-order valence-electron chi connectivity index (χ4n) is 1.97. The van der Waals surface area contributed by atoms with Crippen molar-refractivity contribution in [1.29, 1.82) is 0 Å². The fourth-order valence-corrected chi connectivity index (χ4v) is 1.97. The predicted octanol–water partition coefficient (Wildman–Crippen LogP) is 2.56. The van der Waals surface area contributed by atoms with Crippen LogP contribution in [-0.4, -0.2) is 12.6 Å². The van der Waals surface area contributed by atoms with E-state index in [1.165, 1.54) is 32.1 Å². The molecule has 1 atom stereocenters. The summed E-state index contributed by atoms with van der Waals surface area (Å²) in [5.41, 5.74) is 0.564. The molecule has 0 aromatic carbocycles. The Hall–Kier alpha value is -0.0400. The third-order valence-electron chi connectivity index (χ3n) is 2.90. The summed E-state index contributed by atoms with van der Waals surface area (Å²) in [5.74, 6) is 0.912. The van der Waals surface area contributed by atoms with Gasteiger partial charge in [-0.2, -0.15) is 0 Å². The third kappa shape index (κ3) is 2.48. The summed E-state index contributed by atoms with van der Waals surface area (Å²) in [6, 6.07) is 0. The second kappa shape index (κ2) is 3.57. The Kier molecular flexibility index (Phi) is 2.94. The highest BCUT2D eigenvalue weighted by Gasteiger charge is 2.41. The Bertz CT molecular complexity index is 116. The monoisotopic (exact) mass is 155 g/mol. The van der Waals surface area contributed by atoms with Crippen molar-refractivity contribution in [2.45, 2.75) is 51.5 Å². The molecule has 11 heavy (non-hydrogen) atoms. The first kappa shape index (κ1) is 9.05. The average molecular weight is 155 g/mol. The average Bonchev–Trinajstić information content (AvgIpc) is 2.70. The molecule has 1 fully saturated rings. The van der Waals surface area contributed by atoms with Crippen LogP contribution in [0.1, 0.15) is 46.0 Å². The van der Waals surface area contributed by atoms with Gasteiger partial charge in [0.15, 0.2) is 0 Å². The minimum atomic E-state index is 0.564. The van der Waals surface area contributed by atoms with Gasteiger partial charge in [0.1, 0.15) is 0 Å². The summed E-state index contributed by atoms with van der Waals surface area (Å²) in [5, 5.41) is 3.44. The van der Waals surface area contributed by atoms with E-state index < -0.39 is 0 Å². The molecule has 0 amide bonds. The zero-order valence-corrected chi connectivity index (χ0v) is 8.11. The smallest absolute Gasteiger partial charge is 0.0182 e. The quantitative estimate of drug-likeness (QED) is 0.643. The van der Waals surface area contributed by atoms with Crippen LogP contribution in [0.5, 0.6) is 0 Å². The number of rotatable bonds is 5. The largest absolute Gasteiger partial charge is 0.314 e. The highest BCUT2D eigenvalue weighted by atomic mass is 15.0. The van der Waals surface area contributed by atoms with Crippen LogP contribution < -0.4 is 5.32 Å². The van der Waals surface area contributed by atoms with Crippen LogP contribution in [0.15, 0.2) is 0 Å². The van der Waals surface area contributed by atoms with E-state index in [2.05, 4.69) is 26.2 Å². The lowest BCUT2D eigenvalue weighted by molar-refractivity contribution is 0.385. The van der Waals surface area contributed by atoms with Crippen molar-refractivity contribution in [3.05, 3.63) is 0 Å². The lowest BCUT2D eigenvalue weighted by Crippen LogP contribution is -2.29. The molecule has 1 aliphatic rings. The highest BCUT2D eigenvalue weighted by molar-refractivity contribution is 5.01. The standard InChI is InChI=1S/C10H21N/c1-4-5-9(2)8-10(11-3)6-7-10/h9,11H,4-8H2,1-3H3. The zero-order chi connectivity index (χ0) is 8.32. The minimum absolute atomic E-state index is 0.564. The van der Waals surface area contributed by atoms with Crippen molar-refractivity contribution in [3.63, 3.8) is 0 Å². The van der Waals surface area contributed by atoms with Gasteiger partial charge in [0.25, 0.3) is 0 Å². The molecule has 1 N–H and O–H groups in total. The van der Waals surface area contributed by atoms with Gasteiger partial charge in [-0.15, -0.1) is 0 Å². The van der Waals surface area contributed by atoms with Gasteiger partial charge in [-0.1, -0.05) is 26.7 Å². The van der Waals surface area contributed by atoms with E-state index in [0.717, 1.165) is 5.92 Å². The maximum absolute atomic E-state index is 3.44. The summed E-state index contributed by atoms with van der Waals surface area (Å²) < 4.78 is 0. The van der Waals surface area contributed by atoms with E-state index >= 15 is 0 Å². The van der Waals surface area contributed by atoms with Crippen LogP contribution in [0.2, 0.25) is 0 Å². The van der Waals surface area contributed by atoms with Gasteiger partial charge in [-0.25, -0.2) is 0 Å². The Morgan fingerprint density at radius 1 is 1.45 bits per heavy atom. The highest BCUT2D eigenvalue weighted by Crippen LogP contribution is 2.41. The van der Waals surface area contributed by atoms with E-state index in [1.54, 1.807) is 0 Å². The van der Waals surface area contributed by atoms with Gasteiger partial charge < -0.3 is 5.32 Å². The van der Waals surface area contributed by atoms with Gasteiger partial charge in [-0.05, 0) is 32.2 Å². The molecule has 0 heterocycles. The summed E-state index contributed by atoms with van der Waals surface area (Å²) >= 11 is 0. The van der Waals surface area contributed by atoms with Crippen LogP contribution >= 0.6 is 0 Å². The van der Waals surface area contributed by atoms with Crippen LogP contribution in [0.3, 0.4) is 0 Å². The zero-order valence-electron chi connectivity index (χ0n) is 8.11. The molecule has 1 aliphatic carbocycles. The van der Waals surface area contributed by atoms with Crippen LogP contribution in [0.4, 0.5) is 0 Å². The molecule has 0 aromatic rings. The normalized spacial score (nSPS) is 23.2. The molecule has 66 valence electrons. The fraction of sp³-hybridized carbons (Fsp3) is 1.00. The Labute approximate surface area is 70.6 Å². The van der Waals surface area contributed by atoms with Crippen molar-refractivity contribution in [2.75, 3.05) is 7.05 Å². The van der Waals surface area contributed by atoms with E-state index in [1.807, 2.05) is 0 Å². The lowest BCUT2D eigenvalue weighted by Gasteiger charge is -2.18. The molecule has 0 aliphatic heterocycles. The van der Waals surface area contributed by atoms with Crippen LogP contribution in [-0.2, 0) is 0 Å². The van der Waals surface area contributed by atoms with Gasteiger partial charge in [0.05, 0.1) is 0 Å². The van der Waals surface area contributed by atoms with Crippen LogP contribution in [0, 0.1) is 5.92 Å². The van der Waals surface area contributed by atoms with Crippen molar-refractivity contribution < 1.29 is 0 Å². The molecule has 0 spiro atoms. The van der Waals surface area contributed by atoms with Gasteiger partial charge in [-0.3, -0.25) is 0 Å². The molecular weight excluding hydrogens is 134 g/mol. The molecule has 1 saturated carbocycles. The summed E-state index contributed by atoms with van der Waals surface area (Å²) in [6.45, 7) is 4.65. The Morgan fingerprint density at radius 3 is 2.45 bits per heavy atom. The van der Waals surface area contributed by atoms with E-state index in [-0.39, 0.29) is 0 Å². The molecule has 0 bridgehead atoms. The topological polar surface area (TPSA) is 12.0 Å². The Balaban J connectivity index is 2.18. The Morgan fingerprint density at radius 2 is 2.09 bits per heavy atom. The second-order valence-corrected chi connectivity index (χ2v) is 4.13. The van der Waals surface area contributed by atoms with Crippen molar-refractivity contribution >= 4 is 0 Å². The first-order valence-corrected chi connectivity index (χ1v) is 4.91. The number of nitrogens with one attached hydrogen (secondary N) is 1. The second-order valence-electron chi connectivity index (χ2n) is 4.13. The first-order valence-electron chi connectivity index (χ1n) is 4.91. The summed E-state index contributed by atoms with van der Waals surface area (Å²) in [6.07, 6.45) is 6.91. The molecule has 0 aromatic heterocycles. The number of hydrogen-bond donors (Lipinski definition) is 1. The SMILES string of the molecule is CCCC(C)CC1(NC)CC1. The van der Waals surface area contributed by atoms with E-state index in [4.69, 9.17) is 0 Å². The van der Waals surface area contributed by atoms with Gasteiger partial charge in [0.2, 0.25) is 0 Å². The summed E-state index contributed by atoms with van der Waals surface area (Å²) in [4.78, 5) is 0. The van der Waals surface area contributed by atoms with Crippen molar-refractivity contribution in [1.82, 2.24) is 5.32 Å². The summed E-state index contributed by atoms with van der Waals surface area (Å²) in [7, 11) is 2.10.